The lowest BCUT2D eigenvalue weighted by atomic mass is 10.2. The topological polar surface area (TPSA) is 174 Å². The number of methoxy groups -OCH3 is 1. The van der Waals surface area contributed by atoms with Crippen LogP contribution < -0.4 is 14.8 Å². The number of benzene rings is 1. The Hall–Kier alpha value is -2.69. The van der Waals surface area contributed by atoms with Crippen LogP contribution in [0.15, 0.2) is 12.1 Å². The summed E-state index contributed by atoms with van der Waals surface area (Å²) in [6.45, 7) is 2.21. The number of nitro groups is 1. The highest BCUT2D eigenvalue weighted by atomic mass is 32.2. The normalized spacial score (nSPS) is 19.5. The van der Waals surface area contributed by atoms with Gasteiger partial charge in [0.2, 0.25) is 5.91 Å². The van der Waals surface area contributed by atoms with Crippen molar-refractivity contribution in [3.63, 3.8) is 0 Å². The number of hydrogen-bond donors (Lipinski definition) is 2. The summed E-state index contributed by atoms with van der Waals surface area (Å²) in [5, 5.41) is 23.6. The van der Waals surface area contributed by atoms with Crippen LogP contribution >= 0.6 is 11.8 Å². The van der Waals surface area contributed by atoms with E-state index in [1.165, 1.54) is 31.0 Å². The third kappa shape index (κ3) is 12.8. The van der Waals surface area contributed by atoms with Crippen molar-refractivity contribution in [2.45, 2.75) is 18.2 Å². The van der Waals surface area contributed by atoms with Gasteiger partial charge in [0.05, 0.1) is 77.6 Å². The second-order valence-electron chi connectivity index (χ2n) is 7.96. The second kappa shape index (κ2) is 19.4. The van der Waals surface area contributed by atoms with Crippen molar-refractivity contribution in [2.24, 2.45) is 0 Å². The predicted octanol–water partition coefficient (Wildman–Crippen LogP) is 0.706. The van der Waals surface area contributed by atoms with Gasteiger partial charge in [0.15, 0.2) is 11.5 Å². The van der Waals surface area contributed by atoms with Crippen molar-refractivity contribution >= 4 is 29.3 Å². The molecule has 39 heavy (non-hydrogen) atoms. The third-order valence-electron chi connectivity index (χ3n) is 5.13. The molecule has 0 saturated heterocycles. The molecule has 0 aromatic heterocycles. The lowest BCUT2D eigenvalue weighted by molar-refractivity contribution is -0.385. The molecule has 14 nitrogen and oxygen atoms in total. The van der Waals surface area contributed by atoms with Crippen molar-refractivity contribution in [1.29, 1.82) is 0 Å². The first-order valence-electron chi connectivity index (χ1n) is 12.4. The lowest BCUT2D eigenvalue weighted by Gasteiger charge is -2.17. The number of amides is 1. The van der Waals surface area contributed by atoms with Gasteiger partial charge in [-0.3, -0.25) is 14.9 Å². The molecule has 1 amide bonds. The number of aliphatic hydroxyl groups is 1. The van der Waals surface area contributed by atoms with Crippen LogP contribution in [0, 0.1) is 10.1 Å². The number of nitrogens with one attached hydrogen (secondary N) is 1. The molecule has 15 heteroatoms. The molecule has 0 saturated carbocycles. The summed E-state index contributed by atoms with van der Waals surface area (Å²) in [6.07, 6.45) is 0.0275. The number of aliphatic hydroxyl groups excluding tert-OH is 1. The molecule has 2 aliphatic rings. The van der Waals surface area contributed by atoms with E-state index in [-0.39, 0.29) is 68.1 Å². The smallest absolute Gasteiger partial charge is 0.329 e. The Kier molecular flexibility index (Phi) is 16.2. The maximum absolute atomic E-state index is 12.3. The van der Waals surface area contributed by atoms with Crippen LogP contribution in [0.5, 0.6) is 11.5 Å². The highest BCUT2D eigenvalue weighted by Crippen LogP contribution is 2.36. The number of fused-ring (bicyclic) bond motifs is 22. The Morgan fingerprint density at radius 1 is 1.08 bits per heavy atom. The monoisotopic (exact) mass is 576 g/mol. The number of hydrogen-bond acceptors (Lipinski definition) is 13. The molecule has 220 valence electrons. The van der Waals surface area contributed by atoms with Crippen LogP contribution in [-0.2, 0) is 39.0 Å². The maximum atomic E-state index is 12.3. The second-order valence-corrected chi connectivity index (χ2v) is 8.99. The van der Waals surface area contributed by atoms with Crippen molar-refractivity contribution in [3.05, 3.63) is 27.8 Å². The predicted molar refractivity (Wildman–Crippen MR) is 139 cm³/mol. The van der Waals surface area contributed by atoms with Gasteiger partial charge in [-0.05, 0) is 6.07 Å². The molecule has 3 rings (SSSR count). The highest BCUT2D eigenvalue weighted by Gasteiger charge is 2.24. The van der Waals surface area contributed by atoms with Gasteiger partial charge in [-0.2, -0.15) is 11.8 Å². The van der Waals surface area contributed by atoms with Crippen LogP contribution in [0.1, 0.15) is 12.0 Å². The van der Waals surface area contributed by atoms with E-state index in [0.29, 0.717) is 45.2 Å². The summed E-state index contributed by atoms with van der Waals surface area (Å²) in [5.41, 5.74) is 0.112. The van der Waals surface area contributed by atoms with E-state index in [2.05, 4.69) is 5.32 Å². The summed E-state index contributed by atoms with van der Waals surface area (Å²) in [5.74, 6) is -0.459. The fourth-order valence-corrected chi connectivity index (χ4v) is 4.28. The van der Waals surface area contributed by atoms with Crippen LogP contribution in [0.4, 0.5) is 5.69 Å². The molecule has 1 aromatic carbocycles. The largest absolute Gasteiger partial charge is 0.487 e. The fraction of sp³-hybridized carbons (Fsp3) is 0.667. The zero-order valence-corrected chi connectivity index (χ0v) is 22.7. The van der Waals surface area contributed by atoms with E-state index in [1.54, 1.807) is 0 Å². The first kappa shape index (κ1) is 32.5. The molecule has 2 bridgehead atoms. The standard InChI is InChI=1S/C24H36N2O12S/c1-32-24(29)19-17-39-16-18-14-21(37-5-3-27)22(15-20(18)26(30)31)38-13-12-36-11-10-35-9-8-34-7-6-33-4-2-23(28)25-19/h14-15,19,27H,2-13,16-17H2,1H3,(H,25,28). The number of carbonyl (C=O) groups excluding carboxylic acids is 2. The van der Waals surface area contributed by atoms with Gasteiger partial charge >= 0.3 is 5.97 Å². The fourth-order valence-electron chi connectivity index (χ4n) is 3.26. The van der Waals surface area contributed by atoms with E-state index < -0.39 is 22.8 Å². The summed E-state index contributed by atoms with van der Waals surface area (Å²) in [7, 11) is 1.21. The van der Waals surface area contributed by atoms with Gasteiger partial charge in [0, 0.05) is 23.5 Å². The summed E-state index contributed by atoms with van der Waals surface area (Å²) < 4.78 is 37.7. The first-order chi connectivity index (χ1) is 19.0. The van der Waals surface area contributed by atoms with E-state index in [0.717, 1.165) is 0 Å². The SMILES string of the molecule is COC(=O)C1CSCc2cc(OCCO)c(cc2[N+](=O)[O-])OCCOCCOCCOCCOCCC(=O)N1. The number of ether oxygens (including phenoxy) is 7. The number of esters is 1. The Morgan fingerprint density at radius 2 is 1.69 bits per heavy atom. The van der Waals surface area contributed by atoms with Crippen LogP contribution in [0.2, 0.25) is 0 Å². The van der Waals surface area contributed by atoms with Crippen molar-refractivity contribution in [2.75, 3.05) is 85.5 Å². The molecule has 2 N–H and O–H groups in total. The average Bonchev–Trinajstić information content (AvgIpc) is 2.92. The van der Waals surface area contributed by atoms with Gasteiger partial charge < -0.3 is 43.6 Å². The average molecular weight is 577 g/mol. The van der Waals surface area contributed by atoms with Crippen LogP contribution in [0.25, 0.3) is 0 Å². The van der Waals surface area contributed by atoms with Crippen molar-refractivity contribution < 1.29 is 52.8 Å². The molecule has 1 unspecified atom stereocenters. The van der Waals surface area contributed by atoms with Gasteiger partial charge in [-0.1, -0.05) is 0 Å². The molecular weight excluding hydrogens is 540 g/mol. The number of nitro benzene ring substituents is 1. The minimum absolute atomic E-state index is 0.0275. The Morgan fingerprint density at radius 3 is 2.28 bits per heavy atom. The lowest BCUT2D eigenvalue weighted by Crippen LogP contribution is -2.43. The van der Waals surface area contributed by atoms with Gasteiger partial charge in [0.1, 0.15) is 19.3 Å². The minimum Gasteiger partial charge on any atom is -0.487 e. The molecule has 0 spiro atoms. The van der Waals surface area contributed by atoms with E-state index >= 15 is 0 Å². The zero-order chi connectivity index (χ0) is 28.3. The van der Waals surface area contributed by atoms with Gasteiger partial charge in [-0.15, -0.1) is 0 Å². The maximum Gasteiger partial charge on any atom is 0.329 e. The number of thioether (sulfide) groups is 1. The van der Waals surface area contributed by atoms with Gasteiger partial charge in [0.25, 0.3) is 5.69 Å². The number of carbonyl (C=O) groups is 2. The molecule has 2 heterocycles. The molecule has 1 aromatic rings. The number of nitrogens with zero attached hydrogens (tertiary/aromatic N) is 1. The van der Waals surface area contributed by atoms with Crippen LogP contribution in [-0.4, -0.2) is 113 Å². The minimum atomic E-state index is -0.961. The highest BCUT2D eigenvalue weighted by molar-refractivity contribution is 7.98. The van der Waals surface area contributed by atoms with Crippen LogP contribution in [0.3, 0.4) is 0 Å². The van der Waals surface area contributed by atoms with E-state index in [4.69, 9.17) is 33.2 Å². The molecule has 2 aliphatic heterocycles. The van der Waals surface area contributed by atoms with Crippen molar-refractivity contribution in [3.8, 4) is 11.5 Å². The summed E-state index contributed by atoms with van der Waals surface area (Å²) in [6, 6.07) is 1.77. The van der Waals surface area contributed by atoms with E-state index in [9.17, 15) is 24.8 Å². The number of rotatable bonds is 5. The zero-order valence-electron chi connectivity index (χ0n) is 21.9. The molecular formula is C24H36N2O12S. The molecule has 1 atom stereocenters. The summed E-state index contributed by atoms with van der Waals surface area (Å²) in [4.78, 5) is 35.8. The third-order valence-corrected chi connectivity index (χ3v) is 6.21. The molecule has 0 aliphatic carbocycles. The summed E-state index contributed by atoms with van der Waals surface area (Å²) >= 11 is 1.20. The van der Waals surface area contributed by atoms with Crippen molar-refractivity contribution in [1.82, 2.24) is 5.32 Å². The first-order valence-corrected chi connectivity index (χ1v) is 13.6. The Balaban J connectivity index is 2.16. The molecule has 0 fully saturated rings. The molecule has 0 radical (unpaired) electrons. The Bertz CT molecular complexity index is 904. The van der Waals surface area contributed by atoms with Gasteiger partial charge in [-0.25, -0.2) is 4.79 Å². The quantitative estimate of drug-likeness (QED) is 0.217. The Labute approximate surface area is 230 Å². The van der Waals surface area contributed by atoms with E-state index in [1.807, 2.05) is 0 Å².